The molecule has 1 atom stereocenters. The Balaban J connectivity index is 1.69. The van der Waals surface area contributed by atoms with Gasteiger partial charge in [0.15, 0.2) is 0 Å². The number of hydrogen-bond donors (Lipinski definition) is 0. The van der Waals surface area contributed by atoms with Crippen molar-refractivity contribution in [3.63, 3.8) is 0 Å². The number of pyridine rings is 1. The number of nitriles is 1. The zero-order chi connectivity index (χ0) is 14.5. The summed E-state index contributed by atoms with van der Waals surface area (Å²) in [7, 11) is 0. The minimum atomic E-state index is 0.525. The standard InChI is InChI=1S/C16H22N4O/c17-11-14-4-5-16(18-12-14)20-6-2-1-3-15(20)13-19-7-9-21-10-8-19/h4-5,12,15H,1-3,6-10,13H2. The Morgan fingerprint density at radius 2 is 2.10 bits per heavy atom. The molecule has 1 aromatic heterocycles. The minimum absolute atomic E-state index is 0.525. The van der Waals surface area contributed by atoms with Crippen LogP contribution in [0.15, 0.2) is 18.3 Å². The minimum Gasteiger partial charge on any atom is -0.379 e. The lowest BCUT2D eigenvalue weighted by molar-refractivity contribution is 0.0338. The molecule has 0 saturated carbocycles. The molecule has 0 bridgehead atoms. The molecule has 21 heavy (non-hydrogen) atoms. The lowest BCUT2D eigenvalue weighted by Crippen LogP contribution is -2.49. The zero-order valence-corrected chi connectivity index (χ0v) is 12.4. The summed E-state index contributed by atoms with van der Waals surface area (Å²) >= 11 is 0. The first kappa shape index (κ1) is 14.3. The van der Waals surface area contributed by atoms with E-state index in [4.69, 9.17) is 10.00 Å². The third kappa shape index (κ3) is 3.52. The molecule has 0 spiro atoms. The highest BCUT2D eigenvalue weighted by Gasteiger charge is 2.26. The topological polar surface area (TPSA) is 52.4 Å². The molecule has 1 unspecified atom stereocenters. The fourth-order valence-electron chi connectivity index (χ4n) is 3.20. The van der Waals surface area contributed by atoms with Crippen molar-refractivity contribution >= 4 is 5.82 Å². The van der Waals surface area contributed by atoms with Crippen molar-refractivity contribution in [3.05, 3.63) is 23.9 Å². The number of anilines is 1. The van der Waals surface area contributed by atoms with Crippen LogP contribution < -0.4 is 4.90 Å². The fourth-order valence-corrected chi connectivity index (χ4v) is 3.20. The number of hydrogen-bond acceptors (Lipinski definition) is 5. The van der Waals surface area contributed by atoms with Crippen LogP contribution in [0.1, 0.15) is 24.8 Å². The largest absolute Gasteiger partial charge is 0.379 e. The van der Waals surface area contributed by atoms with Gasteiger partial charge in [0.2, 0.25) is 0 Å². The van der Waals surface area contributed by atoms with Crippen molar-refractivity contribution in [3.8, 4) is 6.07 Å². The van der Waals surface area contributed by atoms with Crippen LogP contribution in [0.4, 0.5) is 5.82 Å². The summed E-state index contributed by atoms with van der Waals surface area (Å²) in [4.78, 5) is 9.39. The van der Waals surface area contributed by atoms with E-state index >= 15 is 0 Å². The molecule has 2 saturated heterocycles. The monoisotopic (exact) mass is 286 g/mol. The molecule has 0 aromatic carbocycles. The maximum absolute atomic E-state index is 8.89. The number of ether oxygens (including phenoxy) is 1. The van der Waals surface area contributed by atoms with Crippen LogP contribution in [-0.2, 0) is 4.74 Å². The quantitative estimate of drug-likeness (QED) is 0.845. The molecule has 5 nitrogen and oxygen atoms in total. The lowest BCUT2D eigenvalue weighted by atomic mass is 10.0. The van der Waals surface area contributed by atoms with Crippen LogP contribution >= 0.6 is 0 Å². The summed E-state index contributed by atoms with van der Waals surface area (Å²) in [5, 5.41) is 8.89. The Kier molecular flexibility index (Phi) is 4.69. The van der Waals surface area contributed by atoms with Gasteiger partial charge in [0.05, 0.1) is 18.8 Å². The van der Waals surface area contributed by atoms with Gasteiger partial charge in [-0.15, -0.1) is 0 Å². The number of nitrogens with zero attached hydrogens (tertiary/aromatic N) is 4. The molecule has 2 fully saturated rings. The Labute approximate surface area is 126 Å². The van der Waals surface area contributed by atoms with Gasteiger partial charge in [-0.2, -0.15) is 5.26 Å². The lowest BCUT2D eigenvalue weighted by Gasteiger charge is -2.40. The van der Waals surface area contributed by atoms with Crippen LogP contribution in [-0.4, -0.2) is 55.3 Å². The molecular formula is C16H22N4O. The Hall–Kier alpha value is -1.64. The van der Waals surface area contributed by atoms with Gasteiger partial charge < -0.3 is 9.64 Å². The maximum Gasteiger partial charge on any atom is 0.128 e. The Morgan fingerprint density at radius 3 is 2.81 bits per heavy atom. The molecule has 1 aromatic rings. The molecule has 2 aliphatic heterocycles. The second-order valence-electron chi connectivity index (χ2n) is 5.77. The van der Waals surface area contributed by atoms with Crippen molar-refractivity contribution in [2.45, 2.75) is 25.3 Å². The van der Waals surface area contributed by atoms with Gasteiger partial charge in [-0.1, -0.05) is 0 Å². The summed E-state index contributed by atoms with van der Waals surface area (Å²) in [5.74, 6) is 1.01. The van der Waals surface area contributed by atoms with E-state index in [1.165, 1.54) is 19.3 Å². The van der Waals surface area contributed by atoms with Crippen molar-refractivity contribution in [2.24, 2.45) is 0 Å². The first-order chi connectivity index (χ1) is 10.4. The zero-order valence-electron chi connectivity index (χ0n) is 12.4. The van der Waals surface area contributed by atoms with Gasteiger partial charge >= 0.3 is 0 Å². The van der Waals surface area contributed by atoms with E-state index in [0.717, 1.165) is 45.2 Å². The normalized spacial score (nSPS) is 23.8. The summed E-state index contributed by atoms with van der Waals surface area (Å²) in [6.45, 7) is 5.92. The van der Waals surface area contributed by atoms with Gasteiger partial charge in [-0.25, -0.2) is 4.98 Å². The first-order valence-corrected chi connectivity index (χ1v) is 7.80. The predicted molar refractivity (Wildman–Crippen MR) is 81.2 cm³/mol. The molecular weight excluding hydrogens is 264 g/mol. The number of aromatic nitrogens is 1. The van der Waals surface area contributed by atoms with Crippen LogP contribution in [0, 0.1) is 11.3 Å². The molecule has 3 heterocycles. The molecule has 0 N–H and O–H groups in total. The van der Waals surface area contributed by atoms with Gasteiger partial charge in [0.1, 0.15) is 11.9 Å². The highest BCUT2D eigenvalue weighted by atomic mass is 16.5. The van der Waals surface area contributed by atoms with Crippen molar-refractivity contribution < 1.29 is 4.74 Å². The molecule has 2 aliphatic rings. The van der Waals surface area contributed by atoms with E-state index in [1.807, 2.05) is 12.1 Å². The second kappa shape index (κ2) is 6.88. The van der Waals surface area contributed by atoms with Crippen LogP contribution in [0.5, 0.6) is 0 Å². The third-order valence-corrected chi connectivity index (χ3v) is 4.37. The van der Waals surface area contributed by atoms with E-state index < -0.39 is 0 Å². The van der Waals surface area contributed by atoms with E-state index in [2.05, 4.69) is 20.9 Å². The van der Waals surface area contributed by atoms with Gasteiger partial charge in [-0.05, 0) is 31.4 Å². The van der Waals surface area contributed by atoms with Crippen LogP contribution in [0.2, 0.25) is 0 Å². The number of piperidine rings is 1. The average Bonchev–Trinajstić information content (AvgIpc) is 2.56. The van der Waals surface area contributed by atoms with Gasteiger partial charge in [-0.3, -0.25) is 4.90 Å². The maximum atomic E-state index is 8.89. The van der Waals surface area contributed by atoms with E-state index in [0.29, 0.717) is 11.6 Å². The summed E-state index contributed by atoms with van der Waals surface area (Å²) in [6, 6.07) is 6.50. The number of rotatable bonds is 3. The highest BCUT2D eigenvalue weighted by molar-refractivity contribution is 5.43. The average molecular weight is 286 g/mol. The van der Waals surface area contributed by atoms with Crippen LogP contribution in [0.25, 0.3) is 0 Å². The Bertz CT molecular complexity index is 490. The Morgan fingerprint density at radius 1 is 1.24 bits per heavy atom. The highest BCUT2D eigenvalue weighted by Crippen LogP contribution is 2.24. The summed E-state index contributed by atoms with van der Waals surface area (Å²) in [6.07, 6.45) is 5.41. The number of morpholine rings is 1. The molecule has 5 heteroatoms. The molecule has 0 amide bonds. The van der Waals surface area contributed by atoms with Crippen LogP contribution in [0.3, 0.4) is 0 Å². The van der Waals surface area contributed by atoms with E-state index in [-0.39, 0.29) is 0 Å². The summed E-state index contributed by atoms with van der Waals surface area (Å²) < 4.78 is 5.43. The molecule has 0 aliphatic carbocycles. The van der Waals surface area contributed by atoms with Gasteiger partial charge in [0, 0.05) is 38.4 Å². The van der Waals surface area contributed by atoms with Crippen molar-refractivity contribution in [1.82, 2.24) is 9.88 Å². The predicted octanol–water partition coefficient (Wildman–Crippen LogP) is 1.64. The van der Waals surface area contributed by atoms with E-state index in [1.54, 1.807) is 6.20 Å². The van der Waals surface area contributed by atoms with Crippen molar-refractivity contribution in [2.75, 3.05) is 44.3 Å². The molecule has 0 radical (unpaired) electrons. The second-order valence-corrected chi connectivity index (χ2v) is 5.77. The third-order valence-electron chi connectivity index (χ3n) is 4.37. The molecule has 3 rings (SSSR count). The van der Waals surface area contributed by atoms with Crippen molar-refractivity contribution in [1.29, 1.82) is 5.26 Å². The van der Waals surface area contributed by atoms with Gasteiger partial charge in [0.25, 0.3) is 0 Å². The SMILES string of the molecule is N#Cc1ccc(N2CCCCC2CN2CCOCC2)nc1. The fraction of sp³-hybridized carbons (Fsp3) is 0.625. The molecule has 112 valence electrons. The van der Waals surface area contributed by atoms with E-state index in [9.17, 15) is 0 Å². The first-order valence-electron chi connectivity index (χ1n) is 7.80. The summed E-state index contributed by atoms with van der Waals surface area (Å²) in [5.41, 5.74) is 0.625. The smallest absolute Gasteiger partial charge is 0.128 e.